The molecule has 3 nitrogen and oxygen atoms in total. The molecule has 0 fully saturated rings. The molecule has 1 aromatic carbocycles. The Balaban J connectivity index is 3.10. The average molecular weight is 229 g/mol. The van der Waals surface area contributed by atoms with Gasteiger partial charge in [-0.15, -0.1) is 0 Å². The Morgan fingerprint density at radius 2 is 1.88 bits per heavy atom. The number of carbonyl (C=O) groups is 1. The van der Waals surface area contributed by atoms with Gasteiger partial charge in [0.25, 0.3) is 0 Å². The summed E-state index contributed by atoms with van der Waals surface area (Å²) in [5, 5.41) is 0. The topological polar surface area (TPSA) is 52.3 Å². The molecule has 1 rings (SSSR count). The Kier molecular flexibility index (Phi) is 3.16. The van der Waals surface area contributed by atoms with Gasteiger partial charge in [-0.05, 0) is 26.8 Å². The molecule has 0 saturated heterocycles. The van der Waals surface area contributed by atoms with Gasteiger partial charge in [0.15, 0.2) is 0 Å². The zero-order valence-corrected chi connectivity index (χ0v) is 9.30. The molecule has 5 heteroatoms. The first kappa shape index (κ1) is 12.4. The molecule has 16 heavy (non-hydrogen) atoms. The minimum Gasteiger partial charge on any atom is -0.456 e. The Bertz CT molecular complexity index is 401. The highest BCUT2D eigenvalue weighted by Crippen LogP contribution is 2.21. The largest absolute Gasteiger partial charge is 0.456 e. The fourth-order valence-corrected chi connectivity index (χ4v) is 1.14. The average Bonchev–Trinajstić information content (AvgIpc) is 1.96. The number of esters is 1. The van der Waals surface area contributed by atoms with Crippen LogP contribution < -0.4 is 5.73 Å². The van der Waals surface area contributed by atoms with E-state index in [4.69, 9.17) is 10.5 Å². The Hall–Kier alpha value is -1.65. The van der Waals surface area contributed by atoms with E-state index in [1.807, 2.05) is 0 Å². The summed E-state index contributed by atoms with van der Waals surface area (Å²) < 4.78 is 31.0. The van der Waals surface area contributed by atoms with Gasteiger partial charge in [-0.2, -0.15) is 0 Å². The lowest BCUT2D eigenvalue weighted by molar-refractivity contribution is 0.00660. The molecule has 0 unspecified atom stereocenters. The molecule has 0 amide bonds. The maximum atomic E-state index is 13.3. The fourth-order valence-electron chi connectivity index (χ4n) is 1.14. The van der Waals surface area contributed by atoms with Crippen molar-refractivity contribution in [1.82, 2.24) is 0 Å². The van der Waals surface area contributed by atoms with E-state index in [1.54, 1.807) is 20.8 Å². The third kappa shape index (κ3) is 2.92. The van der Waals surface area contributed by atoms with Gasteiger partial charge in [0.1, 0.15) is 22.8 Å². The monoisotopic (exact) mass is 229 g/mol. The van der Waals surface area contributed by atoms with E-state index in [1.165, 1.54) is 0 Å². The number of halogens is 2. The number of ether oxygens (including phenoxy) is 1. The highest BCUT2D eigenvalue weighted by molar-refractivity contribution is 5.95. The summed E-state index contributed by atoms with van der Waals surface area (Å²) in [6, 6.07) is 1.47. The van der Waals surface area contributed by atoms with Gasteiger partial charge >= 0.3 is 5.97 Å². The number of nitrogen functional groups attached to an aromatic ring is 1. The van der Waals surface area contributed by atoms with Gasteiger partial charge in [0.2, 0.25) is 0 Å². The lowest BCUT2D eigenvalue weighted by atomic mass is 10.1. The van der Waals surface area contributed by atoms with Crippen LogP contribution in [0.5, 0.6) is 0 Å². The minimum atomic E-state index is -1.02. The molecule has 0 bridgehead atoms. The number of hydrogen-bond donors (Lipinski definition) is 1. The van der Waals surface area contributed by atoms with Crippen LogP contribution >= 0.6 is 0 Å². The second-order valence-electron chi connectivity index (χ2n) is 4.35. The molecule has 0 spiro atoms. The molecular formula is C11H13F2NO2. The van der Waals surface area contributed by atoms with Crippen molar-refractivity contribution in [1.29, 1.82) is 0 Å². The first-order valence-electron chi connectivity index (χ1n) is 4.68. The molecule has 0 aliphatic rings. The van der Waals surface area contributed by atoms with Gasteiger partial charge in [0.05, 0.1) is 5.69 Å². The molecule has 0 heterocycles. The van der Waals surface area contributed by atoms with Crippen LogP contribution in [0, 0.1) is 11.6 Å². The van der Waals surface area contributed by atoms with E-state index in [9.17, 15) is 13.6 Å². The van der Waals surface area contributed by atoms with E-state index >= 15 is 0 Å². The predicted octanol–water partition coefficient (Wildman–Crippen LogP) is 2.50. The van der Waals surface area contributed by atoms with Gasteiger partial charge < -0.3 is 10.5 Å². The highest BCUT2D eigenvalue weighted by Gasteiger charge is 2.23. The van der Waals surface area contributed by atoms with Crippen LogP contribution in [0.3, 0.4) is 0 Å². The van der Waals surface area contributed by atoms with Crippen molar-refractivity contribution < 1.29 is 18.3 Å². The summed E-state index contributed by atoms with van der Waals surface area (Å²) in [4.78, 5) is 11.5. The molecule has 1 aromatic rings. The van der Waals surface area contributed by atoms with Crippen molar-refractivity contribution in [3.63, 3.8) is 0 Å². The second kappa shape index (κ2) is 4.08. The van der Waals surface area contributed by atoms with Crippen LogP contribution in [-0.4, -0.2) is 11.6 Å². The van der Waals surface area contributed by atoms with Crippen LogP contribution in [0.25, 0.3) is 0 Å². The van der Waals surface area contributed by atoms with Crippen molar-refractivity contribution in [2.45, 2.75) is 26.4 Å². The molecule has 0 saturated carbocycles. The van der Waals surface area contributed by atoms with Gasteiger partial charge in [-0.3, -0.25) is 0 Å². The molecule has 2 N–H and O–H groups in total. The third-order valence-electron chi connectivity index (χ3n) is 1.69. The van der Waals surface area contributed by atoms with Crippen LogP contribution in [0.2, 0.25) is 0 Å². The van der Waals surface area contributed by atoms with E-state index in [0.29, 0.717) is 6.07 Å². The summed E-state index contributed by atoms with van der Waals surface area (Å²) in [5.74, 6) is -2.75. The lowest BCUT2D eigenvalue weighted by Gasteiger charge is -2.20. The van der Waals surface area contributed by atoms with Gasteiger partial charge in [0, 0.05) is 6.07 Å². The number of anilines is 1. The first-order chi connectivity index (χ1) is 7.20. The Labute approximate surface area is 92.2 Å². The second-order valence-corrected chi connectivity index (χ2v) is 4.35. The molecule has 0 aliphatic carbocycles. The number of nitrogens with two attached hydrogens (primary N) is 1. The standard InChI is InChI=1S/C11H13F2NO2/c1-11(2,3)16-10(15)9-7(13)4-6(12)5-8(9)14/h4-5H,14H2,1-3H3. The van der Waals surface area contributed by atoms with Crippen molar-refractivity contribution in [2.24, 2.45) is 0 Å². The summed E-state index contributed by atoms with van der Waals surface area (Å²) in [6.45, 7) is 4.92. The first-order valence-corrected chi connectivity index (χ1v) is 4.68. The summed E-state index contributed by atoms with van der Waals surface area (Å²) >= 11 is 0. The van der Waals surface area contributed by atoms with Crippen LogP contribution in [0.15, 0.2) is 12.1 Å². The lowest BCUT2D eigenvalue weighted by Crippen LogP contribution is -2.25. The number of benzene rings is 1. The number of rotatable bonds is 1. The highest BCUT2D eigenvalue weighted by atomic mass is 19.1. The van der Waals surface area contributed by atoms with Crippen molar-refractivity contribution in [3.05, 3.63) is 29.3 Å². The maximum absolute atomic E-state index is 13.3. The fraction of sp³-hybridized carbons (Fsp3) is 0.364. The molecule has 0 radical (unpaired) electrons. The van der Waals surface area contributed by atoms with E-state index in [2.05, 4.69) is 0 Å². The van der Waals surface area contributed by atoms with E-state index in [-0.39, 0.29) is 5.69 Å². The third-order valence-corrected chi connectivity index (χ3v) is 1.69. The minimum absolute atomic E-state index is 0.272. The predicted molar refractivity (Wildman–Crippen MR) is 55.9 cm³/mol. The Morgan fingerprint density at radius 1 is 1.31 bits per heavy atom. The Morgan fingerprint density at radius 3 is 2.31 bits per heavy atom. The van der Waals surface area contributed by atoms with Crippen LogP contribution in [-0.2, 0) is 4.74 Å². The van der Waals surface area contributed by atoms with E-state index in [0.717, 1.165) is 6.07 Å². The molecular weight excluding hydrogens is 216 g/mol. The van der Waals surface area contributed by atoms with Crippen molar-refractivity contribution in [3.8, 4) is 0 Å². The number of carbonyl (C=O) groups excluding carboxylic acids is 1. The van der Waals surface area contributed by atoms with E-state index < -0.39 is 28.8 Å². The van der Waals surface area contributed by atoms with Crippen molar-refractivity contribution in [2.75, 3.05) is 5.73 Å². The summed E-state index contributed by atoms with van der Waals surface area (Å²) in [6.07, 6.45) is 0. The van der Waals surface area contributed by atoms with Crippen LogP contribution in [0.4, 0.5) is 14.5 Å². The number of hydrogen-bond acceptors (Lipinski definition) is 3. The van der Waals surface area contributed by atoms with Gasteiger partial charge in [-0.1, -0.05) is 0 Å². The normalized spacial score (nSPS) is 11.3. The summed E-state index contributed by atoms with van der Waals surface area (Å²) in [7, 11) is 0. The quantitative estimate of drug-likeness (QED) is 0.594. The van der Waals surface area contributed by atoms with Crippen molar-refractivity contribution >= 4 is 11.7 Å². The molecule has 0 aliphatic heterocycles. The summed E-state index contributed by atoms with van der Waals surface area (Å²) in [5.41, 5.74) is 3.90. The zero-order valence-electron chi connectivity index (χ0n) is 9.30. The zero-order chi connectivity index (χ0) is 12.5. The molecule has 88 valence electrons. The molecule has 0 atom stereocenters. The van der Waals surface area contributed by atoms with Crippen LogP contribution in [0.1, 0.15) is 31.1 Å². The smallest absolute Gasteiger partial charge is 0.343 e. The molecule has 0 aromatic heterocycles. The maximum Gasteiger partial charge on any atom is 0.343 e. The van der Waals surface area contributed by atoms with Gasteiger partial charge in [-0.25, -0.2) is 13.6 Å². The SMILES string of the molecule is CC(C)(C)OC(=O)c1c(N)cc(F)cc1F.